The van der Waals surface area contributed by atoms with E-state index in [1.54, 1.807) is 10.5 Å². The van der Waals surface area contributed by atoms with E-state index in [9.17, 15) is 9.59 Å². The minimum atomic E-state index is -0.135. The fourth-order valence-corrected chi connectivity index (χ4v) is 3.14. The lowest BCUT2D eigenvalue weighted by atomic mass is 10.0. The van der Waals surface area contributed by atoms with Crippen LogP contribution < -0.4 is 5.56 Å². The summed E-state index contributed by atoms with van der Waals surface area (Å²) in [5.41, 5.74) is 2.44. The quantitative estimate of drug-likeness (QED) is 0.670. The minimum absolute atomic E-state index is 0.135. The van der Waals surface area contributed by atoms with Gasteiger partial charge >= 0.3 is 0 Å². The number of carbonyl (C=O) groups excluding carboxylic acids is 1. The zero-order valence-corrected chi connectivity index (χ0v) is 11.1. The molecule has 4 heteroatoms. The maximum Gasteiger partial charge on any atom is 0.264 e. The average molecular weight is 269 g/mol. The first kappa shape index (κ1) is 11.9. The van der Waals surface area contributed by atoms with Crippen LogP contribution in [0, 0.1) is 6.92 Å². The van der Waals surface area contributed by atoms with Crippen molar-refractivity contribution in [3.05, 3.63) is 63.4 Å². The highest BCUT2D eigenvalue weighted by Crippen LogP contribution is 2.23. The molecule has 0 saturated carbocycles. The summed E-state index contributed by atoms with van der Waals surface area (Å²) in [5, 5.41) is 1.92. The molecule has 0 radical (unpaired) electrons. The largest absolute Gasteiger partial charge is 0.298 e. The van der Waals surface area contributed by atoms with Crippen LogP contribution in [0.15, 0.2) is 46.6 Å². The molecule has 94 valence electrons. The maximum absolute atomic E-state index is 12.6. The first-order valence-corrected chi connectivity index (χ1v) is 6.75. The zero-order chi connectivity index (χ0) is 13.4. The van der Waals surface area contributed by atoms with Gasteiger partial charge in [-0.3, -0.25) is 14.0 Å². The third-order valence-electron chi connectivity index (χ3n) is 3.10. The van der Waals surface area contributed by atoms with Gasteiger partial charge in [0.25, 0.3) is 5.56 Å². The molecule has 0 bridgehead atoms. The molecule has 1 aromatic carbocycles. The molecule has 3 nitrogen and oxygen atoms in total. The second-order valence-corrected chi connectivity index (χ2v) is 5.20. The van der Waals surface area contributed by atoms with Gasteiger partial charge in [0.15, 0.2) is 6.29 Å². The first-order chi connectivity index (χ1) is 9.22. The van der Waals surface area contributed by atoms with Crippen molar-refractivity contribution in [3.63, 3.8) is 0 Å². The molecule has 2 heterocycles. The van der Waals surface area contributed by atoms with Crippen molar-refractivity contribution < 1.29 is 4.79 Å². The molecular weight excluding hydrogens is 258 g/mol. The van der Waals surface area contributed by atoms with Crippen LogP contribution in [0.2, 0.25) is 0 Å². The summed E-state index contributed by atoms with van der Waals surface area (Å²) in [5.74, 6) is 0. The Hall–Kier alpha value is -2.20. The van der Waals surface area contributed by atoms with Gasteiger partial charge in [0, 0.05) is 16.6 Å². The highest BCUT2D eigenvalue weighted by atomic mass is 32.1. The van der Waals surface area contributed by atoms with E-state index in [1.807, 2.05) is 42.6 Å². The third-order valence-corrected chi connectivity index (χ3v) is 4.10. The average Bonchev–Trinajstić information content (AvgIpc) is 2.81. The van der Waals surface area contributed by atoms with E-state index in [0.29, 0.717) is 11.1 Å². The van der Waals surface area contributed by atoms with Gasteiger partial charge in [-0.1, -0.05) is 30.3 Å². The lowest BCUT2D eigenvalue weighted by Gasteiger charge is -2.06. The third kappa shape index (κ3) is 1.81. The number of aryl methyl sites for hydroxylation is 1. The summed E-state index contributed by atoms with van der Waals surface area (Å²) in [4.78, 5) is 24.7. The second kappa shape index (κ2) is 4.48. The lowest BCUT2D eigenvalue weighted by molar-refractivity contribution is 0.112. The predicted octanol–water partition coefficient (Wildman–Crippen LogP) is 3.15. The number of hydrogen-bond donors (Lipinski definition) is 0. The van der Waals surface area contributed by atoms with Gasteiger partial charge in [-0.2, -0.15) is 0 Å². The number of aromatic nitrogens is 1. The van der Waals surface area contributed by atoms with Gasteiger partial charge in [-0.15, -0.1) is 11.3 Å². The smallest absolute Gasteiger partial charge is 0.264 e. The van der Waals surface area contributed by atoms with E-state index in [2.05, 4.69) is 0 Å². The molecule has 0 spiro atoms. The summed E-state index contributed by atoms with van der Waals surface area (Å²) >= 11 is 1.47. The van der Waals surface area contributed by atoms with E-state index in [4.69, 9.17) is 0 Å². The Balaban J connectivity index is 2.46. The van der Waals surface area contributed by atoms with Crippen LogP contribution in [-0.4, -0.2) is 10.7 Å². The summed E-state index contributed by atoms with van der Waals surface area (Å²) < 4.78 is 1.65. The number of pyridine rings is 1. The molecule has 0 aliphatic heterocycles. The predicted molar refractivity (Wildman–Crippen MR) is 77.1 cm³/mol. The normalized spacial score (nSPS) is 10.8. The van der Waals surface area contributed by atoms with Crippen LogP contribution in [0.1, 0.15) is 16.1 Å². The molecule has 0 aliphatic carbocycles. The van der Waals surface area contributed by atoms with Crippen LogP contribution >= 0.6 is 11.3 Å². The number of nitrogens with zero attached hydrogens (tertiary/aromatic N) is 1. The summed E-state index contributed by atoms with van der Waals surface area (Å²) in [6.45, 7) is 1.89. The molecule has 0 atom stereocenters. The molecule has 0 unspecified atom stereocenters. The Labute approximate surface area is 113 Å². The fraction of sp³-hybridized carbons (Fsp3) is 0.0667. The summed E-state index contributed by atoms with van der Waals surface area (Å²) in [6, 6.07) is 11.1. The first-order valence-electron chi connectivity index (χ1n) is 5.87. The Bertz CT molecular complexity index is 815. The molecule has 3 aromatic rings. The van der Waals surface area contributed by atoms with Crippen molar-refractivity contribution in [3.8, 4) is 11.1 Å². The van der Waals surface area contributed by atoms with Crippen molar-refractivity contribution in [1.82, 2.24) is 4.40 Å². The SMILES string of the molecule is Cc1csc2cc(C=O)c(-c3ccccc3)c(=O)n12. The lowest BCUT2D eigenvalue weighted by Crippen LogP contribution is -2.17. The number of fused-ring (bicyclic) bond motifs is 1. The number of thiazole rings is 1. The van der Waals surface area contributed by atoms with Crippen molar-refractivity contribution in [2.45, 2.75) is 6.92 Å². The number of rotatable bonds is 2. The molecular formula is C15H11NO2S. The van der Waals surface area contributed by atoms with Gasteiger partial charge in [0.2, 0.25) is 0 Å². The van der Waals surface area contributed by atoms with Crippen molar-refractivity contribution >= 4 is 22.5 Å². The van der Waals surface area contributed by atoms with E-state index in [0.717, 1.165) is 22.4 Å². The molecule has 3 rings (SSSR count). The highest BCUT2D eigenvalue weighted by Gasteiger charge is 2.14. The maximum atomic E-state index is 12.6. The number of aldehydes is 1. The molecule has 0 fully saturated rings. The Morgan fingerprint density at radius 1 is 1.21 bits per heavy atom. The number of hydrogen-bond acceptors (Lipinski definition) is 3. The Morgan fingerprint density at radius 3 is 2.63 bits per heavy atom. The van der Waals surface area contributed by atoms with Crippen LogP contribution in [0.5, 0.6) is 0 Å². The molecule has 19 heavy (non-hydrogen) atoms. The van der Waals surface area contributed by atoms with Gasteiger partial charge < -0.3 is 0 Å². The van der Waals surface area contributed by atoms with E-state index >= 15 is 0 Å². The molecule has 0 saturated heterocycles. The highest BCUT2D eigenvalue weighted by molar-refractivity contribution is 7.15. The molecule has 0 N–H and O–H groups in total. The Morgan fingerprint density at radius 2 is 1.95 bits per heavy atom. The molecule has 0 amide bonds. The molecule has 0 aliphatic rings. The van der Waals surface area contributed by atoms with Crippen LogP contribution in [-0.2, 0) is 0 Å². The topological polar surface area (TPSA) is 38.5 Å². The van der Waals surface area contributed by atoms with E-state index in [1.165, 1.54) is 11.3 Å². The summed E-state index contributed by atoms with van der Waals surface area (Å²) in [7, 11) is 0. The standard InChI is InChI=1S/C15H11NO2S/c1-10-9-19-13-7-12(8-17)14(15(18)16(10)13)11-5-3-2-4-6-11/h2-9H,1H3. The number of carbonyl (C=O) groups is 1. The van der Waals surface area contributed by atoms with Gasteiger partial charge in [0.05, 0.1) is 5.56 Å². The summed E-state index contributed by atoms with van der Waals surface area (Å²) in [6.07, 6.45) is 0.749. The van der Waals surface area contributed by atoms with E-state index < -0.39 is 0 Å². The van der Waals surface area contributed by atoms with Crippen molar-refractivity contribution in [1.29, 1.82) is 0 Å². The Kier molecular flexibility index (Phi) is 2.80. The number of benzene rings is 1. The van der Waals surface area contributed by atoms with Crippen molar-refractivity contribution in [2.75, 3.05) is 0 Å². The van der Waals surface area contributed by atoms with Crippen molar-refractivity contribution in [2.24, 2.45) is 0 Å². The van der Waals surface area contributed by atoms with E-state index in [-0.39, 0.29) is 5.56 Å². The minimum Gasteiger partial charge on any atom is -0.298 e. The zero-order valence-electron chi connectivity index (χ0n) is 10.3. The van der Waals surface area contributed by atoms with Gasteiger partial charge in [-0.25, -0.2) is 0 Å². The van der Waals surface area contributed by atoms with Crippen LogP contribution in [0.25, 0.3) is 16.0 Å². The van der Waals surface area contributed by atoms with Crippen LogP contribution in [0.3, 0.4) is 0 Å². The second-order valence-electron chi connectivity index (χ2n) is 4.31. The van der Waals surface area contributed by atoms with Gasteiger partial charge in [0.1, 0.15) is 4.83 Å². The monoisotopic (exact) mass is 269 g/mol. The van der Waals surface area contributed by atoms with Crippen LogP contribution in [0.4, 0.5) is 0 Å². The fourth-order valence-electron chi connectivity index (χ4n) is 2.21. The van der Waals surface area contributed by atoms with Gasteiger partial charge in [-0.05, 0) is 18.6 Å². The molecule has 2 aromatic heterocycles.